The van der Waals surface area contributed by atoms with Crippen molar-refractivity contribution in [3.05, 3.63) is 46.7 Å². The largest absolute Gasteiger partial charge is 0.493 e. The van der Waals surface area contributed by atoms with Crippen LogP contribution in [0.15, 0.2) is 34.4 Å². The molecule has 8 heteroatoms. The first-order valence-electron chi connectivity index (χ1n) is 11.6. The van der Waals surface area contributed by atoms with E-state index in [0.717, 1.165) is 35.4 Å². The van der Waals surface area contributed by atoms with E-state index in [0.29, 0.717) is 38.4 Å². The molecule has 2 aliphatic rings. The van der Waals surface area contributed by atoms with Gasteiger partial charge in [-0.05, 0) is 63.1 Å². The van der Waals surface area contributed by atoms with Crippen LogP contribution in [0.1, 0.15) is 55.3 Å². The normalized spacial score (nSPS) is 18.8. The van der Waals surface area contributed by atoms with E-state index in [1.807, 2.05) is 38.1 Å². The molecule has 2 fully saturated rings. The third-order valence-electron chi connectivity index (χ3n) is 6.62. The fourth-order valence-corrected chi connectivity index (χ4v) is 4.26. The number of piperidine rings is 1. The van der Waals surface area contributed by atoms with Gasteiger partial charge in [-0.15, -0.1) is 0 Å². The molecule has 0 atom stereocenters. The lowest BCUT2D eigenvalue weighted by Crippen LogP contribution is -2.39. The Morgan fingerprint density at radius 2 is 2.00 bits per heavy atom. The van der Waals surface area contributed by atoms with Gasteiger partial charge in [0.05, 0.1) is 12.3 Å². The van der Waals surface area contributed by atoms with Gasteiger partial charge in [-0.1, -0.05) is 28.9 Å². The Morgan fingerprint density at radius 1 is 1.27 bits per heavy atom. The number of hydrogen-bond donors (Lipinski definition) is 1. The van der Waals surface area contributed by atoms with Crippen molar-refractivity contribution in [1.82, 2.24) is 10.1 Å². The lowest BCUT2D eigenvalue weighted by atomic mass is 9.87. The highest BCUT2D eigenvalue weighted by Gasteiger charge is 2.35. The molecule has 1 aromatic carbocycles. The molecule has 1 N–H and O–H groups in total. The molecule has 1 aliphatic carbocycles. The number of rotatable bonds is 5. The van der Waals surface area contributed by atoms with E-state index in [1.165, 1.54) is 5.57 Å². The predicted molar refractivity (Wildman–Crippen MR) is 123 cm³/mol. The number of carbonyl (C=O) groups excluding carboxylic acids is 1. The number of benzene rings is 1. The minimum atomic E-state index is -2.51. The van der Waals surface area contributed by atoms with Gasteiger partial charge in [-0.3, -0.25) is 5.32 Å². The second kappa shape index (κ2) is 9.93. The van der Waals surface area contributed by atoms with E-state index in [9.17, 15) is 13.6 Å². The Bertz CT molecular complexity index is 998. The van der Waals surface area contributed by atoms with Gasteiger partial charge in [-0.25, -0.2) is 13.6 Å². The van der Waals surface area contributed by atoms with Crippen LogP contribution >= 0.6 is 0 Å². The molecule has 2 heterocycles. The second-order valence-electron chi connectivity index (χ2n) is 9.12. The monoisotopic (exact) mass is 459 g/mol. The van der Waals surface area contributed by atoms with Crippen molar-refractivity contribution in [1.29, 1.82) is 0 Å². The quantitative estimate of drug-likeness (QED) is 0.577. The molecule has 0 unspecified atom stereocenters. The molecular weight excluding hydrogens is 428 g/mol. The van der Waals surface area contributed by atoms with Crippen molar-refractivity contribution in [3.63, 3.8) is 0 Å². The SMILES string of the molecule is Cc1noc(NC(=O)N2CCC(=Cc3cccc(OCC4CCC(F)(F)CC4)c3)CC2)c1C. The zero-order valence-corrected chi connectivity index (χ0v) is 19.2. The predicted octanol–water partition coefficient (Wildman–Crippen LogP) is 6.21. The lowest BCUT2D eigenvalue weighted by molar-refractivity contribution is -0.0498. The fourth-order valence-electron chi connectivity index (χ4n) is 4.26. The molecule has 33 heavy (non-hydrogen) atoms. The minimum Gasteiger partial charge on any atom is -0.493 e. The smallest absolute Gasteiger partial charge is 0.324 e. The van der Waals surface area contributed by atoms with Crippen molar-refractivity contribution in [2.45, 2.75) is 58.3 Å². The summed E-state index contributed by atoms with van der Waals surface area (Å²) in [6.45, 7) is 5.44. The number of urea groups is 1. The van der Waals surface area contributed by atoms with Crippen LogP contribution in [0.25, 0.3) is 6.08 Å². The Kier molecular flexibility index (Phi) is 7.00. The summed E-state index contributed by atoms with van der Waals surface area (Å²) in [5.74, 6) is -1.16. The molecule has 2 aromatic rings. The van der Waals surface area contributed by atoms with Gasteiger partial charge in [0.1, 0.15) is 5.75 Å². The number of halogens is 2. The third kappa shape index (κ3) is 6.12. The van der Waals surface area contributed by atoms with Gasteiger partial charge in [-0.2, -0.15) is 0 Å². The highest BCUT2D eigenvalue weighted by Crippen LogP contribution is 2.36. The number of anilines is 1. The van der Waals surface area contributed by atoms with Gasteiger partial charge >= 0.3 is 6.03 Å². The molecule has 1 aliphatic heterocycles. The number of ether oxygens (including phenoxy) is 1. The number of aromatic nitrogens is 1. The molecule has 2 amide bonds. The van der Waals surface area contributed by atoms with Gasteiger partial charge in [0.25, 0.3) is 0 Å². The standard InChI is InChI=1S/C25H31F2N3O3/c1-17-18(2)29-33-23(17)28-24(31)30-12-8-19(9-13-30)14-21-4-3-5-22(15-21)32-16-20-6-10-25(26,27)11-7-20/h3-5,14-15,20H,6-13,16H2,1-2H3,(H,28,31). The summed E-state index contributed by atoms with van der Waals surface area (Å²) in [5.41, 5.74) is 3.92. The van der Waals surface area contributed by atoms with Crippen LogP contribution in [-0.4, -0.2) is 41.7 Å². The number of aryl methyl sites for hydroxylation is 1. The average molecular weight is 460 g/mol. The minimum absolute atomic E-state index is 0.0418. The summed E-state index contributed by atoms with van der Waals surface area (Å²) in [6.07, 6.45) is 4.67. The first kappa shape index (κ1) is 23.3. The summed E-state index contributed by atoms with van der Waals surface area (Å²) in [4.78, 5) is 14.3. The topological polar surface area (TPSA) is 67.6 Å². The molecule has 1 saturated heterocycles. The summed E-state index contributed by atoms with van der Waals surface area (Å²) in [7, 11) is 0. The van der Waals surface area contributed by atoms with Crippen LogP contribution in [-0.2, 0) is 0 Å². The van der Waals surface area contributed by atoms with E-state index in [-0.39, 0.29) is 24.8 Å². The van der Waals surface area contributed by atoms with E-state index >= 15 is 0 Å². The number of alkyl halides is 2. The maximum atomic E-state index is 13.3. The first-order chi connectivity index (χ1) is 15.8. The van der Waals surface area contributed by atoms with Crippen LogP contribution in [0.5, 0.6) is 5.75 Å². The molecule has 0 radical (unpaired) electrons. The van der Waals surface area contributed by atoms with Crippen LogP contribution in [0.2, 0.25) is 0 Å². The van der Waals surface area contributed by atoms with Crippen LogP contribution in [0.4, 0.5) is 19.5 Å². The van der Waals surface area contributed by atoms with Crippen molar-refractivity contribution >= 4 is 18.0 Å². The molecule has 0 spiro atoms. The highest BCUT2D eigenvalue weighted by molar-refractivity contribution is 5.88. The van der Waals surface area contributed by atoms with E-state index in [4.69, 9.17) is 9.26 Å². The lowest BCUT2D eigenvalue weighted by Gasteiger charge is -2.28. The summed E-state index contributed by atoms with van der Waals surface area (Å²) in [5, 5.41) is 6.67. The number of amides is 2. The molecule has 178 valence electrons. The van der Waals surface area contributed by atoms with Gasteiger partial charge < -0.3 is 14.2 Å². The number of likely N-dealkylation sites (tertiary alicyclic amines) is 1. The molecule has 1 aromatic heterocycles. The maximum Gasteiger partial charge on any atom is 0.324 e. The zero-order chi connectivity index (χ0) is 23.4. The van der Waals surface area contributed by atoms with E-state index < -0.39 is 5.92 Å². The maximum absolute atomic E-state index is 13.3. The first-order valence-corrected chi connectivity index (χ1v) is 11.6. The van der Waals surface area contributed by atoms with Crippen molar-refractivity contribution in [3.8, 4) is 5.75 Å². The molecule has 0 bridgehead atoms. The van der Waals surface area contributed by atoms with Crippen LogP contribution in [0, 0.1) is 19.8 Å². The number of nitrogens with zero attached hydrogens (tertiary/aromatic N) is 2. The van der Waals surface area contributed by atoms with Crippen LogP contribution in [0.3, 0.4) is 0 Å². The number of carbonyl (C=O) groups is 1. The van der Waals surface area contributed by atoms with Crippen molar-refractivity contribution in [2.75, 3.05) is 25.0 Å². The molecule has 1 saturated carbocycles. The van der Waals surface area contributed by atoms with Crippen molar-refractivity contribution in [2.24, 2.45) is 5.92 Å². The number of nitrogens with one attached hydrogen (secondary N) is 1. The van der Waals surface area contributed by atoms with Gasteiger partial charge in [0, 0.05) is 31.5 Å². The zero-order valence-electron chi connectivity index (χ0n) is 19.2. The highest BCUT2D eigenvalue weighted by atomic mass is 19.3. The van der Waals surface area contributed by atoms with Gasteiger partial charge in [0.2, 0.25) is 11.8 Å². The summed E-state index contributed by atoms with van der Waals surface area (Å²) < 4.78 is 37.7. The second-order valence-corrected chi connectivity index (χ2v) is 9.12. The van der Waals surface area contributed by atoms with Gasteiger partial charge in [0.15, 0.2) is 0 Å². The Balaban J connectivity index is 1.27. The molecule has 6 nitrogen and oxygen atoms in total. The third-order valence-corrected chi connectivity index (χ3v) is 6.62. The summed E-state index contributed by atoms with van der Waals surface area (Å²) in [6, 6.07) is 7.68. The van der Waals surface area contributed by atoms with E-state index in [2.05, 4.69) is 16.5 Å². The Hall–Kier alpha value is -2.90. The van der Waals surface area contributed by atoms with E-state index in [1.54, 1.807) is 4.90 Å². The van der Waals surface area contributed by atoms with Crippen LogP contribution < -0.4 is 10.1 Å². The molecular formula is C25H31F2N3O3. The Labute approximate surface area is 193 Å². The Morgan fingerprint density at radius 3 is 2.67 bits per heavy atom. The number of hydrogen-bond acceptors (Lipinski definition) is 4. The molecule has 4 rings (SSSR count). The van der Waals surface area contributed by atoms with Crippen molar-refractivity contribution < 1.29 is 22.8 Å². The summed E-state index contributed by atoms with van der Waals surface area (Å²) >= 11 is 0. The fraction of sp³-hybridized carbons (Fsp3) is 0.520. The average Bonchev–Trinajstić information content (AvgIpc) is 3.11.